The maximum atomic E-state index is 5.40. The Morgan fingerprint density at radius 2 is 1.45 bits per heavy atom. The lowest BCUT2D eigenvalue weighted by Gasteiger charge is -2.17. The van der Waals surface area contributed by atoms with Crippen molar-refractivity contribution in [1.29, 1.82) is 0 Å². The summed E-state index contributed by atoms with van der Waals surface area (Å²) in [7, 11) is 0. The van der Waals surface area contributed by atoms with E-state index in [4.69, 9.17) is 4.99 Å². The van der Waals surface area contributed by atoms with Gasteiger partial charge in [-0.15, -0.1) is 11.3 Å². The van der Waals surface area contributed by atoms with Gasteiger partial charge < -0.3 is 4.57 Å². The molecule has 0 aliphatic heterocycles. The van der Waals surface area contributed by atoms with E-state index in [1.165, 1.54) is 64.2 Å². The highest BCUT2D eigenvalue weighted by Gasteiger charge is 2.25. The van der Waals surface area contributed by atoms with Crippen LogP contribution in [0.3, 0.4) is 0 Å². The van der Waals surface area contributed by atoms with Gasteiger partial charge in [0.25, 0.3) is 0 Å². The SMILES string of the molecule is C=N/C(=C\C(=N/Cn1c2ccc3ccccc3c2c2ccc3sc4c(c3c21)-c1ccccc1CC4)c1ccccc1)c1ccccc1. The summed E-state index contributed by atoms with van der Waals surface area (Å²) in [6.07, 6.45) is 4.23. The van der Waals surface area contributed by atoms with Gasteiger partial charge in [-0.05, 0) is 65.2 Å². The first-order valence-electron chi connectivity index (χ1n) is 16.1. The predicted octanol–water partition coefficient (Wildman–Crippen LogP) is 11.1. The van der Waals surface area contributed by atoms with Crippen molar-refractivity contribution in [2.45, 2.75) is 19.5 Å². The second kappa shape index (κ2) is 11.3. The van der Waals surface area contributed by atoms with Crippen LogP contribution in [0.5, 0.6) is 0 Å². The van der Waals surface area contributed by atoms with Crippen molar-refractivity contribution >= 4 is 72.1 Å². The fourth-order valence-electron chi connectivity index (χ4n) is 7.37. The largest absolute Gasteiger partial charge is 0.320 e. The fourth-order valence-corrected chi connectivity index (χ4v) is 8.59. The molecular weight excluding hydrogens is 591 g/mol. The van der Waals surface area contributed by atoms with Gasteiger partial charge in [0.1, 0.15) is 6.67 Å². The lowest BCUT2D eigenvalue weighted by molar-refractivity contribution is 0.796. The van der Waals surface area contributed by atoms with Gasteiger partial charge in [-0.1, -0.05) is 121 Å². The number of allylic oxidation sites excluding steroid dienone is 1. The van der Waals surface area contributed by atoms with Crippen LogP contribution in [-0.2, 0) is 19.5 Å². The molecule has 0 spiro atoms. The molecule has 4 heteroatoms. The summed E-state index contributed by atoms with van der Waals surface area (Å²) < 4.78 is 3.78. The minimum atomic E-state index is 0.462. The van der Waals surface area contributed by atoms with E-state index in [0.717, 1.165) is 35.4 Å². The van der Waals surface area contributed by atoms with Crippen LogP contribution >= 0.6 is 11.3 Å². The van der Waals surface area contributed by atoms with Crippen molar-refractivity contribution < 1.29 is 0 Å². The number of fused-ring (bicyclic) bond motifs is 11. The summed E-state index contributed by atoms with van der Waals surface area (Å²) in [6.45, 7) is 4.38. The Kier molecular flexibility index (Phi) is 6.69. The van der Waals surface area contributed by atoms with Gasteiger partial charge in [-0.25, -0.2) is 0 Å². The zero-order valence-corrected chi connectivity index (χ0v) is 26.7. The first-order chi connectivity index (χ1) is 23.3. The molecule has 1 aliphatic rings. The highest BCUT2D eigenvalue weighted by atomic mass is 32.1. The molecule has 0 amide bonds. The highest BCUT2D eigenvalue weighted by Crippen LogP contribution is 2.48. The third kappa shape index (κ3) is 4.56. The number of hydrogen-bond acceptors (Lipinski definition) is 3. The maximum absolute atomic E-state index is 5.40. The van der Waals surface area contributed by atoms with Crippen LogP contribution in [0.25, 0.3) is 59.5 Å². The van der Waals surface area contributed by atoms with Crippen LogP contribution in [0.2, 0.25) is 0 Å². The van der Waals surface area contributed by atoms with Gasteiger partial charge in [0.2, 0.25) is 0 Å². The van der Waals surface area contributed by atoms with E-state index < -0.39 is 0 Å². The molecule has 0 bridgehead atoms. The molecule has 47 heavy (non-hydrogen) atoms. The number of thiophene rings is 1. The molecule has 0 radical (unpaired) electrons. The zero-order valence-electron chi connectivity index (χ0n) is 25.9. The van der Waals surface area contributed by atoms with Crippen molar-refractivity contribution in [1.82, 2.24) is 4.57 Å². The molecule has 9 rings (SSSR count). The summed E-state index contributed by atoms with van der Waals surface area (Å²) in [6, 6.07) is 47.5. The molecule has 224 valence electrons. The van der Waals surface area contributed by atoms with E-state index >= 15 is 0 Å². The molecule has 3 nitrogen and oxygen atoms in total. The first-order valence-corrected chi connectivity index (χ1v) is 16.9. The lowest BCUT2D eigenvalue weighted by Crippen LogP contribution is -2.04. The Hall–Kier alpha value is -5.58. The summed E-state index contributed by atoms with van der Waals surface area (Å²) in [5.74, 6) is 0. The van der Waals surface area contributed by atoms with Crippen LogP contribution < -0.4 is 0 Å². The first kappa shape index (κ1) is 27.7. The number of rotatable bonds is 6. The van der Waals surface area contributed by atoms with Gasteiger partial charge in [0.15, 0.2) is 0 Å². The zero-order chi connectivity index (χ0) is 31.3. The van der Waals surface area contributed by atoms with Crippen molar-refractivity contribution in [2.75, 3.05) is 0 Å². The molecule has 0 fully saturated rings. The second-order valence-corrected chi connectivity index (χ2v) is 13.2. The number of nitrogens with zero attached hydrogens (tertiary/aromatic N) is 3. The molecule has 0 saturated carbocycles. The van der Waals surface area contributed by atoms with Gasteiger partial charge in [0.05, 0.1) is 22.4 Å². The third-order valence-corrected chi connectivity index (χ3v) is 10.7. The Bertz CT molecular complexity index is 2550. The average Bonchev–Trinajstić information content (AvgIpc) is 3.68. The van der Waals surface area contributed by atoms with E-state index in [1.807, 2.05) is 35.6 Å². The van der Waals surface area contributed by atoms with Gasteiger partial charge >= 0.3 is 0 Å². The quantitative estimate of drug-likeness (QED) is 0.165. The molecule has 2 heterocycles. The highest BCUT2D eigenvalue weighted by molar-refractivity contribution is 7.20. The summed E-state index contributed by atoms with van der Waals surface area (Å²) in [4.78, 5) is 11.3. The second-order valence-electron chi connectivity index (χ2n) is 12.1. The monoisotopic (exact) mass is 621 g/mol. The number of aliphatic imine (C=N–C) groups is 2. The summed E-state index contributed by atoms with van der Waals surface area (Å²) in [5.41, 5.74) is 10.4. The van der Waals surface area contributed by atoms with Crippen molar-refractivity contribution in [2.24, 2.45) is 9.98 Å². The minimum absolute atomic E-state index is 0.462. The fraction of sp³-hybridized carbons (Fsp3) is 0.0698. The number of benzene rings is 6. The van der Waals surface area contributed by atoms with E-state index in [-0.39, 0.29) is 0 Å². The Balaban J connectivity index is 1.35. The minimum Gasteiger partial charge on any atom is -0.320 e. The summed E-state index contributed by atoms with van der Waals surface area (Å²) in [5, 5.41) is 6.43. The average molecular weight is 622 g/mol. The molecular formula is C43H31N3S. The number of aromatic nitrogens is 1. The van der Waals surface area contributed by atoms with Crippen LogP contribution in [0.15, 0.2) is 150 Å². The standard InChI is InChI=1S/C43H31N3S/c1-44-35(30-14-4-2-5-15-30)26-36(31-16-6-3-7-17-31)45-27-46-37-23-20-28-12-8-10-18-32(28)40(37)34-22-25-39-42(43(34)46)41-33-19-11-9-13-29(33)21-24-38(41)47-39/h2-20,22-23,25-26H,1,21,24,27H2/b35-26-,45-36+. The van der Waals surface area contributed by atoms with Crippen LogP contribution in [-0.4, -0.2) is 17.0 Å². The van der Waals surface area contributed by atoms with Gasteiger partial charge in [-0.3, -0.25) is 9.98 Å². The molecule has 0 atom stereocenters. The van der Waals surface area contributed by atoms with Gasteiger partial charge in [0, 0.05) is 36.9 Å². The van der Waals surface area contributed by atoms with E-state index in [0.29, 0.717) is 6.67 Å². The van der Waals surface area contributed by atoms with E-state index in [1.54, 1.807) is 0 Å². The summed E-state index contributed by atoms with van der Waals surface area (Å²) >= 11 is 1.95. The molecule has 0 N–H and O–H groups in total. The van der Waals surface area contributed by atoms with Crippen LogP contribution in [0, 0.1) is 0 Å². The van der Waals surface area contributed by atoms with Gasteiger partial charge in [-0.2, -0.15) is 0 Å². The maximum Gasteiger partial charge on any atom is 0.115 e. The number of aryl methyl sites for hydroxylation is 2. The predicted molar refractivity (Wildman–Crippen MR) is 202 cm³/mol. The van der Waals surface area contributed by atoms with Crippen molar-refractivity contribution in [3.05, 3.63) is 161 Å². The Morgan fingerprint density at radius 3 is 2.28 bits per heavy atom. The van der Waals surface area contributed by atoms with E-state index in [9.17, 15) is 0 Å². The van der Waals surface area contributed by atoms with Crippen molar-refractivity contribution in [3.63, 3.8) is 0 Å². The molecule has 8 aromatic rings. The molecule has 2 aromatic heterocycles. The Labute approximate surface area is 277 Å². The molecule has 6 aromatic carbocycles. The molecule has 1 aliphatic carbocycles. The third-order valence-electron chi connectivity index (χ3n) is 9.51. The lowest BCUT2D eigenvalue weighted by atomic mass is 9.88. The van der Waals surface area contributed by atoms with E-state index in [2.05, 4.69) is 132 Å². The topological polar surface area (TPSA) is 29.6 Å². The normalized spacial score (nSPS) is 13.4. The molecule has 0 saturated heterocycles. The smallest absolute Gasteiger partial charge is 0.115 e. The number of hydrogen-bond donors (Lipinski definition) is 0. The Morgan fingerprint density at radius 1 is 0.702 bits per heavy atom. The van der Waals surface area contributed by atoms with Crippen LogP contribution in [0.1, 0.15) is 21.6 Å². The van der Waals surface area contributed by atoms with Crippen LogP contribution in [0.4, 0.5) is 0 Å². The van der Waals surface area contributed by atoms with Crippen molar-refractivity contribution in [3.8, 4) is 11.1 Å². The molecule has 0 unspecified atom stereocenters.